The Bertz CT molecular complexity index is 973. The molecule has 0 aromatic heterocycles. The third-order valence-electron chi connectivity index (χ3n) is 4.06. The summed E-state index contributed by atoms with van der Waals surface area (Å²) in [6.07, 6.45) is -3.48. The lowest BCUT2D eigenvalue weighted by Gasteiger charge is -2.24. The van der Waals surface area contributed by atoms with Crippen LogP contribution in [0.15, 0.2) is 42.5 Å². The van der Waals surface area contributed by atoms with Crippen molar-refractivity contribution in [1.82, 2.24) is 5.32 Å². The minimum Gasteiger partial charge on any atom is -0.350 e. The fourth-order valence-corrected chi connectivity index (χ4v) is 3.52. The molecule has 1 N–H and O–H groups in total. The standard InChI is InChI=1S/C19H21F3N2O3S/c1-13-7-8-14(2)17(9-13)24(28(3,26)27)12-18(25)23-11-15-5-4-6-16(10-15)19(20,21)22/h4-10H,11-12H2,1-3H3,(H,23,25). The highest BCUT2D eigenvalue weighted by Crippen LogP contribution is 2.29. The summed E-state index contributed by atoms with van der Waals surface area (Å²) < 4.78 is 63.6. The molecule has 0 spiro atoms. The van der Waals surface area contributed by atoms with Gasteiger partial charge < -0.3 is 5.32 Å². The van der Waals surface area contributed by atoms with Crippen LogP contribution in [0, 0.1) is 13.8 Å². The topological polar surface area (TPSA) is 66.5 Å². The molecule has 9 heteroatoms. The van der Waals surface area contributed by atoms with Gasteiger partial charge in [-0.1, -0.05) is 24.3 Å². The van der Waals surface area contributed by atoms with Gasteiger partial charge in [0.2, 0.25) is 15.9 Å². The van der Waals surface area contributed by atoms with Crippen molar-refractivity contribution in [2.75, 3.05) is 17.1 Å². The molecule has 0 aliphatic carbocycles. The van der Waals surface area contributed by atoms with Gasteiger partial charge in [0.1, 0.15) is 6.54 Å². The van der Waals surface area contributed by atoms with Gasteiger partial charge in [-0.25, -0.2) is 8.42 Å². The summed E-state index contributed by atoms with van der Waals surface area (Å²) in [6.45, 7) is 2.92. The maximum absolute atomic E-state index is 12.8. The summed E-state index contributed by atoms with van der Waals surface area (Å²) in [6, 6.07) is 9.83. The number of carbonyl (C=O) groups excluding carboxylic acids is 1. The summed E-state index contributed by atoms with van der Waals surface area (Å²) in [5.41, 5.74) is 1.35. The predicted molar refractivity (Wildman–Crippen MR) is 101 cm³/mol. The number of nitrogens with zero attached hydrogens (tertiary/aromatic N) is 1. The lowest BCUT2D eigenvalue weighted by molar-refractivity contribution is -0.137. The first-order chi connectivity index (χ1) is 12.9. The van der Waals surface area contributed by atoms with Gasteiger partial charge in [-0.05, 0) is 48.7 Å². The number of nitrogens with one attached hydrogen (secondary N) is 1. The van der Waals surface area contributed by atoms with Crippen LogP contribution in [0.1, 0.15) is 22.3 Å². The van der Waals surface area contributed by atoms with Crippen LogP contribution in [0.4, 0.5) is 18.9 Å². The molecule has 0 saturated heterocycles. The zero-order valence-corrected chi connectivity index (χ0v) is 16.5. The normalized spacial score (nSPS) is 11.9. The molecule has 2 aromatic carbocycles. The SMILES string of the molecule is Cc1ccc(C)c(N(CC(=O)NCc2cccc(C(F)(F)F)c2)S(C)(=O)=O)c1. The second-order valence-corrected chi connectivity index (χ2v) is 8.44. The van der Waals surface area contributed by atoms with E-state index in [1.165, 1.54) is 12.1 Å². The summed E-state index contributed by atoms with van der Waals surface area (Å²) in [4.78, 5) is 12.3. The number of hydrogen-bond acceptors (Lipinski definition) is 3. The van der Waals surface area contributed by atoms with Crippen LogP contribution >= 0.6 is 0 Å². The zero-order chi connectivity index (χ0) is 21.1. The molecular formula is C19H21F3N2O3S. The van der Waals surface area contributed by atoms with Crippen molar-refractivity contribution < 1.29 is 26.4 Å². The van der Waals surface area contributed by atoms with Gasteiger partial charge in [-0.15, -0.1) is 0 Å². The summed E-state index contributed by atoms with van der Waals surface area (Å²) in [5, 5.41) is 2.47. The van der Waals surface area contributed by atoms with Gasteiger partial charge in [0, 0.05) is 6.54 Å². The first kappa shape index (κ1) is 21.7. The number of hydrogen-bond donors (Lipinski definition) is 1. The number of carbonyl (C=O) groups is 1. The van der Waals surface area contributed by atoms with E-state index in [1.807, 2.05) is 6.07 Å². The van der Waals surface area contributed by atoms with Crippen LogP contribution in [-0.4, -0.2) is 27.1 Å². The van der Waals surface area contributed by atoms with E-state index in [1.54, 1.807) is 26.0 Å². The van der Waals surface area contributed by atoms with Crippen LogP contribution in [-0.2, 0) is 27.5 Å². The maximum atomic E-state index is 12.8. The third-order valence-corrected chi connectivity index (χ3v) is 5.19. The van der Waals surface area contributed by atoms with Crippen LogP contribution in [0.5, 0.6) is 0 Å². The van der Waals surface area contributed by atoms with Crippen molar-refractivity contribution in [3.05, 3.63) is 64.7 Å². The molecule has 152 valence electrons. The van der Waals surface area contributed by atoms with E-state index in [9.17, 15) is 26.4 Å². The smallest absolute Gasteiger partial charge is 0.350 e. The Hall–Kier alpha value is -2.55. The van der Waals surface area contributed by atoms with Crippen molar-refractivity contribution in [3.8, 4) is 0 Å². The first-order valence-electron chi connectivity index (χ1n) is 8.36. The fraction of sp³-hybridized carbons (Fsp3) is 0.316. The van der Waals surface area contributed by atoms with Gasteiger partial charge in [-0.3, -0.25) is 9.10 Å². The van der Waals surface area contributed by atoms with Gasteiger partial charge in [0.15, 0.2) is 0 Å². The summed E-state index contributed by atoms with van der Waals surface area (Å²) >= 11 is 0. The first-order valence-corrected chi connectivity index (χ1v) is 10.2. The highest BCUT2D eigenvalue weighted by Gasteiger charge is 2.30. The molecule has 0 heterocycles. The average molecular weight is 414 g/mol. The van der Waals surface area contributed by atoms with E-state index in [0.717, 1.165) is 28.3 Å². The number of aryl methyl sites for hydroxylation is 2. The maximum Gasteiger partial charge on any atom is 0.416 e. The molecule has 5 nitrogen and oxygen atoms in total. The Morgan fingerprint density at radius 3 is 2.39 bits per heavy atom. The zero-order valence-electron chi connectivity index (χ0n) is 15.7. The van der Waals surface area contributed by atoms with Crippen LogP contribution in [0.2, 0.25) is 0 Å². The molecular weight excluding hydrogens is 393 g/mol. The minimum absolute atomic E-state index is 0.146. The minimum atomic E-state index is -4.48. The van der Waals surface area contributed by atoms with E-state index in [-0.39, 0.29) is 12.1 Å². The largest absolute Gasteiger partial charge is 0.416 e. The van der Waals surface area contributed by atoms with E-state index in [4.69, 9.17) is 0 Å². The third kappa shape index (κ3) is 5.72. The number of alkyl halides is 3. The molecule has 28 heavy (non-hydrogen) atoms. The van der Waals surface area contributed by atoms with Gasteiger partial charge in [-0.2, -0.15) is 13.2 Å². The molecule has 0 aliphatic rings. The molecule has 0 bridgehead atoms. The fourth-order valence-electron chi connectivity index (χ4n) is 2.61. The van der Waals surface area contributed by atoms with E-state index < -0.39 is 34.2 Å². The quantitative estimate of drug-likeness (QED) is 0.788. The molecule has 0 aliphatic heterocycles. The Kier molecular flexibility index (Phi) is 6.38. The van der Waals surface area contributed by atoms with E-state index in [0.29, 0.717) is 11.3 Å². The molecule has 0 fully saturated rings. The Morgan fingerprint density at radius 1 is 1.11 bits per heavy atom. The van der Waals surface area contributed by atoms with E-state index >= 15 is 0 Å². The molecule has 0 radical (unpaired) electrons. The van der Waals surface area contributed by atoms with Crippen LogP contribution in [0.25, 0.3) is 0 Å². The van der Waals surface area contributed by atoms with Crippen molar-refractivity contribution in [1.29, 1.82) is 0 Å². The second-order valence-electron chi connectivity index (χ2n) is 6.53. The molecule has 0 unspecified atom stereocenters. The predicted octanol–water partition coefficient (Wildman–Crippen LogP) is 3.40. The highest BCUT2D eigenvalue weighted by atomic mass is 32.2. The number of sulfonamides is 1. The van der Waals surface area contributed by atoms with Gasteiger partial charge in [0.25, 0.3) is 0 Å². The lowest BCUT2D eigenvalue weighted by Crippen LogP contribution is -2.40. The van der Waals surface area contributed by atoms with E-state index in [2.05, 4.69) is 5.32 Å². The van der Waals surface area contributed by atoms with Gasteiger partial charge in [0.05, 0.1) is 17.5 Å². The molecule has 0 atom stereocenters. The van der Waals surface area contributed by atoms with Crippen molar-refractivity contribution in [3.63, 3.8) is 0 Å². The number of anilines is 1. The monoisotopic (exact) mass is 414 g/mol. The highest BCUT2D eigenvalue weighted by molar-refractivity contribution is 7.92. The Morgan fingerprint density at radius 2 is 1.79 bits per heavy atom. The second kappa shape index (κ2) is 8.22. The summed E-state index contributed by atoms with van der Waals surface area (Å²) in [5.74, 6) is -0.622. The van der Waals surface area contributed by atoms with Gasteiger partial charge >= 0.3 is 6.18 Å². The number of benzene rings is 2. The van der Waals surface area contributed by atoms with Crippen molar-refractivity contribution in [2.24, 2.45) is 0 Å². The van der Waals surface area contributed by atoms with Crippen LogP contribution < -0.4 is 9.62 Å². The number of rotatable bonds is 6. The molecule has 0 saturated carbocycles. The molecule has 2 aromatic rings. The van der Waals surface area contributed by atoms with Crippen molar-refractivity contribution in [2.45, 2.75) is 26.6 Å². The Balaban J connectivity index is 2.14. The lowest BCUT2D eigenvalue weighted by atomic mass is 10.1. The Labute approximate surface area is 162 Å². The molecule has 1 amide bonds. The van der Waals surface area contributed by atoms with Crippen LogP contribution in [0.3, 0.4) is 0 Å². The number of amides is 1. The summed E-state index contributed by atoms with van der Waals surface area (Å²) in [7, 11) is -3.74. The van der Waals surface area contributed by atoms with Crippen molar-refractivity contribution >= 4 is 21.6 Å². The molecule has 2 rings (SSSR count). The number of halogens is 3. The average Bonchev–Trinajstić information content (AvgIpc) is 2.59.